The van der Waals surface area contributed by atoms with Gasteiger partial charge in [0.25, 0.3) is 0 Å². The molecule has 0 fully saturated rings. The monoisotopic (exact) mass is 333 g/mol. The van der Waals surface area contributed by atoms with E-state index in [0.29, 0.717) is 11.7 Å². The van der Waals surface area contributed by atoms with E-state index in [9.17, 15) is 4.79 Å². The maximum Gasteiger partial charge on any atom is 0.191 e. The molecule has 8 heteroatoms. The fourth-order valence-electron chi connectivity index (χ4n) is 1.90. The highest BCUT2D eigenvalue weighted by atomic mass is 32.2. The van der Waals surface area contributed by atoms with E-state index >= 15 is 0 Å². The molecule has 0 saturated carbocycles. The summed E-state index contributed by atoms with van der Waals surface area (Å²) >= 11 is 2.84. The molecule has 0 unspecified atom stereocenters. The van der Waals surface area contributed by atoms with Gasteiger partial charge < -0.3 is 9.98 Å². The van der Waals surface area contributed by atoms with Crippen LogP contribution in [0.15, 0.2) is 22.7 Å². The van der Waals surface area contributed by atoms with Crippen molar-refractivity contribution in [2.45, 2.75) is 25.5 Å². The zero-order valence-electron chi connectivity index (χ0n) is 12.2. The minimum absolute atomic E-state index is 0.0735. The molecule has 1 atom stereocenters. The molecule has 0 spiro atoms. The molecule has 0 aliphatic heterocycles. The van der Waals surface area contributed by atoms with E-state index in [2.05, 4.69) is 10.2 Å². The van der Waals surface area contributed by atoms with Gasteiger partial charge in [0.15, 0.2) is 16.8 Å². The Labute approximate surface area is 136 Å². The first-order chi connectivity index (χ1) is 10.6. The number of thiophene rings is 1. The van der Waals surface area contributed by atoms with Crippen molar-refractivity contribution in [1.82, 2.24) is 14.8 Å². The minimum atomic E-state index is -0.970. The van der Waals surface area contributed by atoms with Crippen LogP contribution in [-0.2, 0) is 11.3 Å². The third kappa shape index (κ3) is 3.43. The van der Waals surface area contributed by atoms with Gasteiger partial charge in [-0.25, -0.2) is 0 Å². The Bertz CT molecular complexity index is 714. The summed E-state index contributed by atoms with van der Waals surface area (Å²) in [4.78, 5) is 13.0. The van der Waals surface area contributed by atoms with Crippen LogP contribution in [0.5, 0.6) is 0 Å². The van der Waals surface area contributed by atoms with Crippen molar-refractivity contribution in [3.05, 3.63) is 17.5 Å². The number of ketones is 1. The maximum atomic E-state index is 12.0. The lowest BCUT2D eigenvalue weighted by Gasteiger charge is -2.07. The average Bonchev–Trinajstić information content (AvgIpc) is 3.13. The molecule has 0 aliphatic rings. The first-order valence-electron chi connectivity index (χ1n) is 6.65. The van der Waals surface area contributed by atoms with Crippen LogP contribution >= 0.6 is 23.1 Å². The molecule has 0 radical (unpaired) electrons. The SMILES string of the molecule is CCn1c(SCC(=O)[C@H](C#N)C(C)=N)nnc1-c1cccs1. The topological polar surface area (TPSA) is 95.4 Å². The summed E-state index contributed by atoms with van der Waals surface area (Å²) in [7, 11) is 0. The molecule has 22 heavy (non-hydrogen) atoms. The molecular weight excluding hydrogens is 318 g/mol. The third-order valence-electron chi connectivity index (χ3n) is 3.00. The summed E-state index contributed by atoms with van der Waals surface area (Å²) in [5.41, 5.74) is 0.0735. The number of thioether (sulfide) groups is 1. The van der Waals surface area contributed by atoms with E-state index in [1.807, 2.05) is 35.1 Å². The van der Waals surface area contributed by atoms with E-state index in [-0.39, 0.29) is 17.2 Å². The molecule has 1 N–H and O–H groups in total. The quantitative estimate of drug-likeness (QED) is 0.621. The molecule has 2 heterocycles. The number of hydrogen-bond acceptors (Lipinski definition) is 7. The van der Waals surface area contributed by atoms with Gasteiger partial charge in [0.1, 0.15) is 5.92 Å². The van der Waals surface area contributed by atoms with Crippen molar-refractivity contribution >= 4 is 34.6 Å². The van der Waals surface area contributed by atoms with Crippen molar-refractivity contribution in [2.75, 3.05) is 5.75 Å². The molecular formula is C14H15N5OS2. The number of Topliss-reactive ketones (excluding diaryl/α,β-unsaturated/α-hetero) is 1. The van der Waals surface area contributed by atoms with E-state index < -0.39 is 5.92 Å². The van der Waals surface area contributed by atoms with Crippen LogP contribution in [0.3, 0.4) is 0 Å². The summed E-state index contributed by atoms with van der Waals surface area (Å²) in [6.07, 6.45) is 0. The number of nitrogens with zero attached hydrogens (tertiary/aromatic N) is 4. The van der Waals surface area contributed by atoms with Crippen LogP contribution < -0.4 is 0 Å². The van der Waals surface area contributed by atoms with Crippen molar-refractivity contribution in [3.63, 3.8) is 0 Å². The molecule has 2 aromatic heterocycles. The minimum Gasteiger partial charge on any atom is -0.308 e. The molecule has 0 aromatic carbocycles. The van der Waals surface area contributed by atoms with Crippen LogP contribution in [-0.4, -0.2) is 32.0 Å². The second-order valence-electron chi connectivity index (χ2n) is 4.53. The van der Waals surface area contributed by atoms with E-state index in [1.165, 1.54) is 18.7 Å². The molecule has 2 aromatic rings. The first-order valence-corrected chi connectivity index (χ1v) is 8.52. The van der Waals surface area contributed by atoms with E-state index in [1.54, 1.807) is 11.3 Å². The van der Waals surface area contributed by atoms with Crippen LogP contribution in [0.25, 0.3) is 10.7 Å². The molecule has 2 rings (SSSR count). The van der Waals surface area contributed by atoms with Crippen molar-refractivity contribution in [1.29, 1.82) is 10.7 Å². The number of carbonyl (C=O) groups is 1. The predicted molar refractivity (Wildman–Crippen MR) is 87.2 cm³/mol. The normalized spacial score (nSPS) is 11.9. The van der Waals surface area contributed by atoms with Crippen molar-refractivity contribution in [2.24, 2.45) is 5.92 Å². The smallest absolute Gasteiger partial charge is 0.191 e. The lowest BCUT2D eigenvalue weighted by molar-refractivity contribution is -0.117. The Balaban J connectivity index is 2.13. The molecule has 0 bridgehead atoms. The Hall–Kier alpha value is -1.98. The summed E-state index contributed by atoms with van der Waals surface area (Å²) < 4.78 is 1.95. The summed E-state index contributed by atoms with van der Waals surface area (Å²) in [6, 6.07) is 5.80. The first kappa shape index (κ1) is 16.4. The summed E-state index contributed by atoms with van der Waals surface area (Å²) in [5, 5.41) is 27.4. The van der Waals surface area contributed by atoms with E-state index in [0.717, 1.165) is 10.7 Å². The van der Waals surface area contributed by atoms with Gasteiger partial charge in [-0.05, 0) is 25.3 Å². The molecule has 0 amide bonds. The fraction of sp³-hybridized carbons (Fsp3) is 0.357. The second kappa shape index (κ2) is 7.33. The van der Waals surface area contributed by atoms with E-state index in [4.69, 9.17) is 10.7 Å². The summed E-state index contributed by atoms with van der Waals surface area (Å²) in [6.45, 7) is 4.16. The molecule has 0 saturated heterocycles. The number of nitriles is 1. The van der Waals surface area contributed by atoms with Gasteiger partial charge in [-0.2, -0.15) is 5.26 Å². The molecule has 114 valence electrons. The van der Waals surface area contributed by atoms with Gasteiger partial charge >= 0.3 is 0 Å². The zero-order chi connectivity index (χ0) is 16.1. The Morgan fingerprint density at radius 1 is 1.59 bits per heavy atom. The number of aromatic nitrogens is 3. The number of carbonyl (C=O) groups excluding carboxylic acids is 1. The van der Waals surface area contributed by atoms with Gasteiger partial charge in [-0.3, -0.25) is 4.79 Å². The van der Waals surface area contributed by atoms with Gasteiger partial charge in [0.05, 0.1) is 16.7 Å². The highest BCUT2D eigenvalue weighted by Crippen LogP contribution is 2.27. The van der Waals surface area contributed by atoms with Crippen LogP contribution in [0.4, 0.5) is 0 Å². The second-order valence-corrected chi connectivity index (χ2v) is 6.42. The Morgan fingerprint density at radius 2 is 2.36 bits per heavy atom. The molecule has 0 aliphatic carbocycles. The largest absolute Gasteiger partial charge is 0.308 e. The van der Waals surface area contributed by atoms with Crippen LogP contribution in [0, 0.1) is 22.7 Å². The third-order valence-corrected chi connectivity index (χ3v) is 4.86. The Morgan fingerprint density at radius 3 is 2.91 bits per heavy atom. The predicted octanol–water partition coefficient (Wildman–Crippen LogP) is 2.87. The number of rotatable bonds is 7. The van der Waals surface area contributed by atoms with Gasteiger partial charge in [-0.15, -0.1) is 21.5 Å². The molecule has 6 nitrogen and oxygen atoms in total. The van der Waals surface area contributed by atoms with Gasteiger partial charge in [0, 0.05) is 12.3 Å². The maximum absolute atomic E-state index is 12.0. The average molecular weight is 333 g/mol. The highest BCUT2D eigenvalue weighted by Gasteiger charge is 2.22. The van der Waals surface area contributed by atoms with Crippen molar-refractivity contribution < 1.29 is 4.79 Å². The van der Waals surface area contributed by atoms with Crippen LogP contribution in [0.1, 0.15) is 13.8 Å². The van der Waals surface area contributed by atoms with Crippen molar-refractivity contribution in [3.8, 4) is 16.8 Å². The lowest BCUT2D eigenvalue weighted by atomic mass is 10.0. The zero-order valence-corrected chi connectivity index (χ0v) is 13.9. The van der Waals surface area contributed by atoms with Gasteiger partial charge in [0.2, 0.25) is 0 Å². The standard InChI is InChI=1S/C14H15N5OS2/c1-3-19-13(12-5-4-6-21-12)17-18-14(19)22-8-11(20)10(7-15)9(2)16/h4-6,10,16H,3,8H2,1-2H3/t10-/m1/s1. The highest BCUT2D eigenvalue weighted by molar-refractivity contribution is 7.99. The number of nitrogens with one attached hydrogen (secondary N) is 1. The lowest BCUT2D eigenvalue weighted by Crippen LogP contribution is -2.21. The Kier molecular flexibility index (Phi) is 5.46. The number of hydrogen-bond donors (Lipinski definition) is 1. The van der Waals surface area contributed by atoms with Crippen LogP contribution in [0.2, 0.25) is 0 Å². The fourth-order valence-corrected chi connectivity index (χ4v) is 3.52. The van der Waals surface area contributed by atoms with Gasteiger partial charge in [-0.1, -0.05) is 17.8 Å². The summed E-state index contributed by atoms with van der Waals surface area (Å²) in [5.74, 6) is -0.352.